The number of H-pyrrole nitrogens is 1. The molecule has 2 heterocycles. The van der Waals surface area contributed by atoms with Crippen LogP contribution in [-0.4, -0.2) is 43.7 Å². The fourth-order valence-electron chi connectivity index (χ4n) is 2.66. The Morgan fingerprint density at radius 1 is 1.25 bits per heavy atom. The first-order valence-electron chi connectivity index (χ1n) is 8.29. The molecule has 11 nitrogen and oxygen atoms in total. The number of aryl methyl sites for hydroxylation is 1. The molecule has 3 aromatic rings. The standard InChI is InChI=1S/C16H19N5O2.H2O4S/c1-3-4-6-21-14-9-13(20-7-5-18-10-20)11(17-2)8-12(14)19-15(22)16(21)23;1-5(2,3)4/h5,7-10,17H,3-4,6H2,1-2H3,(H,19,22);(H2,1,2,3,4)/p-2. The molecule has 0 bridgehead atoms. The van der Waals surface area contributed by atoms with Gasteiger partial charge in [0.1, 0.15) is 0 Å². The molecule has 2 aromatic heterocycles. The smallest absolute Gasteiger partial charge is 0.316 e. The molecule has 0 atom stereocenters. The summed E-state index contributed by atoms with van der Waals surface area (Å²) in [5.41, 5.74) is 1.96. The topological polar surface area (TPSA) is 165 Å². The first-order valence-corrected chi connectivity index (χ1v) is 9.62. The van der Waals surface area contributed by atoms with Gasteiger partial charge < -0.3 is 28.5 Å². The molecule has 28 heavy (non-hydrogen) atoms. The van der Waals surface area contributed by atoms with Crippen molar-refractivity contribution in [1.29, 1.82) is 0 Å². The fourth-order valence-corrected chi connectivity index (χ4v) is 2.66. The molecule has 0 unspecified atom stereocenters. The number of anilines is 1. The minimum atomic E-state index is -5.17. The fraction of sp³-hybridized carbons (Fsp3) is 0.312. The average molecular weight is 409 g/mol. The van der Waals surface area contributed by atoms with Gasteiger partial charge in [0.15, 0.2) is 0 Å². The molecule has 12 heteroatoms. The van der Waals surface area contributed by atoms with E-state index in [9.17, 15) is 9.59 Å². The highest BCUT2D eigenvalue weighted by molar-refractivity contribution is 7.79. The van der Waals surface area contributed by atoms with Crippen molar-refractivity contribution < 1.29 is 17.5 Å². The SMILES string of the molecule is CCCCn1c(=O)c(=O)[nH]c2cc(NC)c(-n3ccnc3)cc21.O=S(=O)([O-])[O-]. The second-order valence-corrected chi connectivity index (χ2v) is 6.60. The van der Waals surface area contributed by atoms with Gasteiger partial charge in [0, 0.05) is 36.4 Å². The highest BCUT2D eigenvalue weighted by atomic mass is 32.3. The number of unbranched alkanes of at least 4 members (excludes halogenated alkanes) is 1. The number of aromatic nitrogens is 4. The Morgan fingerprint density at radius 2 is 1.93 bits per heavy atom. The molecule has 0 saturated carbocycles. The van der Waals surface area contributed by atoms with Crippen molar-refractivity contribution >= 4 is 27.1 Å². The Kier molecular flexibility index (Phi) is 6.72. The largest absolute Gasteiger partial charge is 0.759 e. The zero-order valence-electron chi connectivity index (χ0n) is 15.2. The van der Waals surface area contributed by atoms with Crippen molar-refractivity contribution in [3.63, 3.8) is 0 Å². The van der Waals surface area contributed by atoms with E-state index in [1.54, 1.807) is 17.1 Å². The second kappa shape index (κ2) is 8.82. The van der Waals surface area contributed by atoms with Gasteiger partial charge in [-0.15, -0.1) is 0 Å². The number of aromatic amines is 1. The molecule has 0 spiro atoms. The molecular formula is C16H19N5O6S-2. The zero-order chi connectivity index (χ0) is 20.9. The third kappa shape index (κ3) is 5.28. The number of hydrogen-bond donors (Lipinski definition) is 2. The molecule has 0 saturated heterocycles. The summed E-state index contributed by atoms with van der Waals surface area (Å²) in [6.07, 6.45) is 7.02. The van der Waals surface area contributed by atoms with Crippen LogP contribution in [0.4, 0.5) is 5.69 Å². The zero-order valence-corrected chi connectivity index (χ0v) is 16.0. The van der Waals surface area contributed by atoms with Crippen LogP contribution in [0.3, 0.4) is 0 Å². The van der Waals surface area contributed by atoms with Crippen LogP contribution in [0.2, 0.25) is 0 Å². The molecule has 0 aliphatic heterocycles. The van der Waals surface area contributed by atoms with Gasteiger partial charge in [-0.05, 0) is 18.6 Å². The molecule has 0 aliphatic carbocycles. The van der Waals surface area contributed by atoms with Gasteiger partial charge in [0.2, 0.25) is 0 Å². The van der Waals surface area contributed by atoms with Gasteiger partial charge in [-0.3, -0.25) is 18.0 Å². The van der Waals surface area contributed by atoms with Gasteiger partial charge >= 0.3 is 11.1 Å². The maximum absolute atomic E-state index is 12.2. The van der Waals surface area contributed by atoms with Gasteiger partial charge in [0.05, 0.1) is 28.7 Å². The van der Waals surface area contributed by atoms with Crippen LogP contribution in [0.15, 0.2) is 40.4 Å². The molecule has 1 aromatic carbocycles. The summed E-state index contributed by atoms with van der Waals surface area (Å²) in [6.45, 7) is 2.58. The maximum atomic E-state index is 12.2. The van der Waals surface area contributed by atoms with Gasteiger partial charge in [-0.2, -0.15) is 0 Å². The van der Waals surface area contributed by atoms with Crippen molar-refractivity contribution in [3.8, 4) is 5.69 Å². The maximum Gasteiger partial charge on any atom is 0.316 e. The second-order valence-electron chi connectivity index (χ2n) is 5.78. The summed E-state index contributed by atoms with van der Waals surface area (Å²) in [5, 5.41) is 3.11. The average Bonchev–Trinajstić information content (AvgIpc) is 3.14. The number of hydrogen-bond acceptors (Lipinski definition) is 8. The number of nitrogens with zero attached hydrogens (tertiary/aromatic N) is 3. The quantitative estimate of drug-likeness (QED) is 0.347. The highest BCUT2D eigenvalue weighted by Crippen LogP contribution is 2.25. The van der Waals surface area contributed by atoms with Crippen LogP contribution < -0.4 is 16.4 Å². The van der Waals surface area contributed by atoms with Gasteiger partial charge in [-0.1, -0.05) is 13.3 Å². The Labute approximate surface area is 160 Å². The molecular weight excluding hydrogens is 390 g/mol. The summed E-state index contributed by atoms with van der Waals surface area (Å²) in [7, 11) is -3.35. The van der Waals surface area contributed by atoms with Crippen LogP contribution in [0, 0.1) is 0 Å². The lowest BCUT2D eigenvalue weighted by Gasteiger charge is -2.15. The summed E-state index contributed by atoms with van der Waals surface area (Å²) in [6, 6.07) is 3.74. The van der Waals surface area contributed by atoms with Crippen molar-refractivity contribution in [2.24, 2.45) is 0 Å². The van der Waals surface area contributed by atoms with E-state index in [0.29, 0.717) is 17.6 Å². The normalized spacial score (nSPS) is 11.1. The van der Waals surface area contributed by atoms with Crippen molar-refractivity contribution in [2.45, 2.75) is 26.3 Å². The van der Waals surface area contributed by atoms with E-state index in [2.05, 4.69) is 22.2 Å². The summed E-state index contributed by atoms with van der Waals surface area (Å²) in [4.78, 5) is 30.9. The first-order chi connectivity index (χ1) is 13.2. The summed E-state index contributed by atoms with van der Waals surface area (Å²) >= 11 is 0. The lowest BCUT2D eigenvalue weighted by Crippen LogP contribution is -2.36. The number of nitrogens with one attached hydrogen (secondary N) is 2. The third-order valence-electron chi connectivity index (χ3n) is 3.88. The predicted octanol–water partition coefficient (Wildman–Crippen LogP) is 0.379. The monoisotopic (exact) mass is 409 g/mol. The van der Waals surface area contributed by atoms with Crippen LogP contribution >= 0.6 is 0 Å². The number of benzene rings is 1. The molecule has 0 amide bonds. The third-order valence-corrected chi connectivity index (χ3v) is 3.88. The van der Waals surface area contributed by atoms with Crippen LogP contribution in [-0.2, 0) is 16.9 Å². The molecule has 3 rings (SSSR count). The van der Waals surface area contributed by atoms with Gasteiger partial charge in [-0.25, -0.2) is 4.98 Å². The van der Waals surface area contributed by atoms with E-state index in [4.69, 9.17) is 17.5 Å². The number of rotatable bonds is 5. The van der Waals surface area contributed by atoms with E-state index in [1.807, 2.05) is 29.9 Å². The van der Waals surface area contributed by atoms with E-state index in [-0.39, 0.29) is 0 Å². The minimum absolute atomic E-state index is 0.514. The highest BCUT2D eigenvalue weighted by Gasteiger charge is 2.12. The summed E-state index contributed by atoms with van der Waals surface area (Å²) < 4.78 is 37.5. The van der Waals surface area contributed by atoms with E-state index in [0.717, 1.165) is 24.2 Å². The molecule has 0 radical (unpaired) electrons. The van der Waals surface area contributed by atoms with E-state index in [1.165, 1.54) is 0 Å². The molecule has 2 N–H and O–H groups in total. The van der Waals surface area contributed by atoms with Crippen LogP contribution in [0.25, 0.3) is 16.7 Å². The Hall–Kier alpha value is -2.96. The number of fused-ring (bicyclic) bond motifs is 1. The van der Waals surface area contributed by atoms with Crippen molar-refractivity contribution in [1.82, 2.24) is 19.1 Å². The Morgan fingerprint density at radius 3 is 2.46 bits per heavy atom. The first kappa shape index (κ1) is 21.3. The molecule has 0 fully saturated rings. The van der Waals surface area contributed by atoms with Crippen molar-refractivity contribution in [2.75, 3.05) is 12.4 Å². The Balaban J connectivity index is 0.000000500. The Bertz CT molecular complexity index is 1160. The van der Waals surface area contributed by atoms with Crippen molar-refractivity contribution in [3.05, 3.63) is 51.6 Å². The van der Waals surface area contributed by atoms with E-state index >= 15 is 0 Å². The van der Waals surface area contributed by atoms with Gasteiger partial charge in [0.25, 0.3) is 0 Å². The predicted molar refractivity (Wildman–Crippen MR) is 101 cm³/mol. The lowest BCUT2D eigenvalue weighted by molar-refractivity contribution is 0.352. The number of imidazole rings is 1. The minimum Gasteiger partial charge on any atom is -0.759 e. The van der Waals surface area contributed by atoms with Crippen LogP contribution in [0.1, 0.15) is 19.8 Å². The summed E-state index contributed by atoms with van der Waals surface area (Å²) in [5.74, 6) is 0. The molecule has 152 valence electrons. The van der Waals surface area contributed by atoms with E-state index < -0.39 is 21.5 Å². The lowest BCUT2D eigenvalue weighted by atomic mass is 10.2. The molecule has 0 aliphatic rings. The van der Waals surface area contributed by atoms with Crippen LogP contribution in [0.5, 0.6) is 0 Å².